The lowest BCUT2D eigenvalue weighted by atomic mass is 10.00. The second-order valence-corrected chi connectivity index (χ2v) is 8.94. The number of nitrogens with zero attached hydrogens (tertiary/aromatic N) is 2. The number of hydrogen-bond acceptors (Lipinski definition) is 5. The van der Waals surface area contributed by atoms with Crippen molar-refractivity contribution in [1.29, 1.82) is 0 Å². The van der Waals surface area contributed by atoms with Gasteiger partial charge in [0.1, 0.15) is 13.2 Å². The summed E-state index contributed by atoms with van der Waals surface area (Å²) in [6, 6.07) is 5.51. The summed E-state index contributed by atoms with van der Waals surface area (Å²) in [7, 11) is 0. The van der Waals surface area contributed by atoms with Crippen molar-refractivity contribution in [2.45, 2.75) is 45.1 Å². The SMILES string of the molecule is CC(C)(CN1CCCCC1)NC(=O)[C@H]1CC(=O)N(c2ccc3c(c2)OCCO3)C1. The maximum absolute atomic E-state index is 12.9. The summed E-state index contributed by atoms with van der Waals surface area (Å²) in [6.45, 7) is 8.59. The molecule has 7 heteroatoms. The van der Waals surface area contributed by atoms with E-state index in [0.717, 1.165) is 25.3 Å². The Balaban J connectivity index is 1.37. The minimum Gasteiger partial charge on any atom is -0.486 e. The van der Waals surface area contributed by atoms with E-state index < -0.39 is 0 Å². The third-order valence-electron chi connectivity index (χ3n) is 5.86. The number of carbonyl (C=O) groups is 2. The first-order valence-electron chi connectivity index (χ1n) is 10.7. The number of hydrogen-bond donors (Lipinski definition) is 1. The minimum atomic E-state index is -0.337. The number of fused-ring (bicyclic) bond motifs is 1. The third kappa shape index (κ3) is 4.66. The molecule has 7 nitrogen and oxygen atoms in total. The van der Waals surface area contributed by atoms with E-state index in [9.17, 15) is 9.59 Å². The topological polar surface area (TPSA) is 71.1 Å². The van der Waals surface area contributed by atoms with Crippen molar-refractivity contribution in [3.05, 3.63) is 18.2 Å². The molecule has 0 aliphatic carbocycles. The average molecular weight is 402 g/mol. The van der Waals surface area contributed by atoms with Crippen LogP contribution < -0.4 is 19.7 Å². The van der Waals surface area contributed by atoms with Gasteiger partial charge >= 0.3 is 0 Å². The van der Waals surface area contributed by atoms with Crippen LogP contribution in [0.2, 0.25) is 0 Å². The predicted molar refractivity (Wildman–Crippen MR) is 110 cm³/mol. The molecule has 2 saturated heterocycles. The molecule has 0 radical (unpaired) electrons. The zero-order chi connectivity index (χ0) is 20.4. The number of nitrogens with one attached hydrogen (secondary N) is 1. The number of carbonyl (C=O) groups excluding carboxylic acids is 2. The van der Waals surface area contributed by atoms with Gasteiger partial charge in [0, 0.05) is 36.8 Å². The van der Waals surface area contributed by atoms with Gasteiger partial charge in [0.2, 0.25) is 11.8 Å². The zero-order valence-corrected chi connectivity index (χ0v) is 17.4. The molecular weight excluding hydrogens is 370 g/mol. The van der Waals surface area contributed by atoms with Gasteiger partial charge < -0.3 is 24.6 Å². The molecule has 2 fully saturated rings. The van der Waals surface area contributed by atoms with Crippen LogP contribution >= 0.6 is 0 Å². The standard InChI is InChI=1S/C22H31N3O4/c1-22(2,15-24-8-4-3-5-9-24)23-21(27)16-12-20(26)25(14-16)17-6-7-18-19(13-17)29-11-10-28-18/h6-7,13,16H,3-5,8-12,14-15H2,1-2H3,(H,23,27)/t16-/m0/s1. The molecule has 3 heterocycles. The summed E-state index contributed by atoms with van der Waals surface area (Å²) in [6.07, 6.45) is 3.99. The third-order valence-corrected chi connectivity index (χ3v) is 5.86. The van der Waals surface area contributed by atoms with E-state index in [1.165, 1.54) is 19.3 Å². The van der Waals surface area contributed by atoms with E-state index in [1.54, 1.807) is 4.90 Å². The highest BCUT2D eigenvalue weighted by atomic mass is 16.6. The van der Waals surface area contributed by atoms with Crippen LogP contribution in [0.3, 0.4) is 0 Å². The van der Waals surface area contributed by atoms with Gasteiger partial charge in [-0.1, -0.05) is 6.42 Å². The molecule has 0 bridgehead atoms. The quantitative estimate of drug-likeness (QED) is 0.819. The number of benzene rings is 1. The summed E-state index contributed by atoms with van der Waals surface area (Å²) in [5.74, 6) is 0.935. The Hall–Kier alpha value is -2.28. The Kier molecular flexibility index (Phi) is 5.67. The van der Waals surface area contributed by atoms with Crippen LogP contribution in [0.1, 0.15) is 39.5 Å². The van der Waals surface area contributed by atoms with Gasteiger partial charge in [-0.15, -0.1) is 0 Å². The van der Waals surface area contributed by atoms with E-state index in [1.807, 2.05) is 18.2 Å². The first-order chi connectivity index (χ1) is 13.9. The molecule has 3 aliphatic heterocycles. The van der Waals surface area contributed by atoms with Crippen molar-refractivity contribution in [2.75, 3.05) is 44.3 Å². The summed E-state index contributed by atoms with van der Waals surface area (Å²) < 4.78 is 11.2. The van der Waals surface area contributed by atoms with Crippen molar-refractivity contribution in [3.8, 4) is 11.5 Å². The number of rotatable bonds is 5. The molecule has 1 N–H and O–H groups in total. The lowest BCUT2D eigenvalue weighted by Gasteiger charge is -2.36. The summed E-state index contributed by atoms with van der Waals surface area (Å²) in [5.41, 5.74) is 0.434. The van der Waals surface area contributed by atoms with Gasteiger partial charge in [-0.05, 0) is 51.9 Å². The fourth-order valence-electron chi connectivity index (χ4n) is 4.48. The van der Waals surface area contributed by atoms with Gasteiger partial charge in [-0.25, -0.2) is 0 Å². The highest BCUT2D eigenvalue weighted by Gasteiger charge is 2.37. The molecule has 3 aliphatic rings. The Morgan fingerprint density at radius 3 is 2.62 bits per heavy atom. The van der Waals surface area contributed by atoms with Crippen LogP contribution in [0.25, 0.3) is 0 Å². The van der Waals surface area contributed by atoms with Gasteiger partial charge in [0.05, 0.1) is 5.92 Å². The fraction of sp³-hybridized carbons (Fsp3) is 0.636. The highest BCUT2D eigenvalue weighted by molar-refractivity contribution is 6.00. The Morgan fingerprint density at radius 2 is 1.86 bits per heavy atom. The first kappa shape index (κ1) is 20.0. The first-order valence-corrected chi connectivity index (χ1v) is 10.7. The Bertz CT molecular complexity index is 773. The van der Waals surface area contributed by atoms with E-state index in [2.05, 4.69) is 24.1 Å². The summed E-state index contributed by atoms with van der Waals surface area (Å²) >= 11 is 0. The van der Waals surface area contributed by atoms with Crippen molar-refractivity contribution >= 4 is 17.5 Å². The smallest absolute Gasteiger partial charge is 0.227 e. The number of piperidine rings is 1. The van der Waals surface area contributed by atoms with Crippen LogP contribution in [-0.4, -0.2) is 61.6 Å². The van der Waals surface area contributed by atoms with Crippen molar-refractivity contribution in [3.63, 3.8) is 0 Å². The minimum absolute atomic E-state index is 0.0318. The summed E-state index contributed by atoms with van der Waals surface area (Å²) in [4.78, 5) is 29.6. The normalized spacial score (nSPS) is 22.6. The van der Waals surface area contributed by atoms with Crippen LogP contribution in [-0.2, 0) is 9.59 Å². The molecular formula is C22H31N3O4. The number of likely N-dealkylation sites (tertiary alicyclic amines) is 1. The molecule has 0 saturated carbocycles. The molecule has 0 aromatic heterocycles. The number of ether oxygens (including phenoxy) is 2. The van der Waals surface area contributed by atoms with Crippen molar-refractivity contribution in [2.24, 2.45) is 5.92 Å². The molecule has 4 rings (SSSR count). The van der Waals surface area contributed by atoms with Gasteiger partial charge in [-0.2, -0.15) is 0 Å². The molecule has 1 aromatic rings. The van der Waals surface area contributed by atoms with E-state index in [-0.39, 0.29) is 29.7 Å². The van der Waals surface area contributed by atoms with Gasteiger partial charge in [0.25, 0.3) is 0 Å². The lowest BCUT2D eigenvalue weighted by Crippen LogP contribution is -2.54. The highest BCUT2D eigenvalue weighted by Crippen LogP contribution is 2.36. The predicted octanol–water partition coefficient (Wildman–Crippen LogP) is 2.19. The molecule has 0 unspecified atom stereocenters. The van der Waals surface area contributed by atoms with E-state index in [4.69, 9.17) is 9.47 Å². The average Bonchev–Trinajstić information content (AvgIpc) is 3.09. The zero-order valence-electron chi connectivity index (χ0n) is 17.4. The molecule has 29 heavy (non-hydrogen) atoms. The molecule has 1 aromatic carbocycles. The second kappa shape index (κ2) is 8.22. The van der Waals surface area contributed by atoms with Crippen molar-refractivity contribution < 1.29 is 19.1 Å². The summed E-state index contributed by atoms with van der Waals surface area (Å²) in [5, 5.41) is 3.18. The monoisotopic (exact) mass is 401 g/mol. The van der Waals surface area contributed by atoms with Crippen molar-refractivity contribution in [1.82, 2.24) is 10.2 Å². The maximum atomic E-state index is 12.9. The fourth-order valence-corrected chi connectivity index (χ4v) is 4.48. The Morgan fingerprint density at radius 1 is 1.14 bits per heavy atom. The molecule has 2 amide bonds. The lowest BCUT2D eigenvalue weighted by molar-refractivity contribution is -0.128. The van der Waals surface area contributed by atoms with Crippen LogP contribution in [0.4, 0.5) is 5.69 Å². The number of amides is 2. The molecule has 0 spiro atoms. The van der Waals surface area contributed by atoms with Crippen LogP contribution in [0.5, 0.6) is 11.5 Å². The maximum Gasteiger partial charge on any atom is 0.227 e. The van der Waals surface area contributed by atoms with Crippen LogP contribution in [0, 0.1) is 5.92 Å². The Labute approximate surface area is 172 Å². The van der Waals surface area contributed by atoms with Gasteiger partial charge in [-0.3, -0.25) is 9.59 Å². The second-order valence-electron chi connectivity index (χ2n) is 8.94. The molecule has 1 atom stereocenters. The van der Waals surface area contributed by atoms with E-state index >= 15 is 0 Å². The van der Waals surface area contributed by atoms with E-state index in [0.29, 0.717) is 31.3 Å². The van der Waals surface area contributed by atoms with Crippen LogP contribution in [0.15, 0.2) is 18.2 Å². The largest absolute Gasteiger partial charge is 0.486 e. The number of anilines is 1. The molecule has 158 valence electrons. The van der Waals surface area contributed by atoms with Gasteiger partial charge in [0.15, 0.2) is 11.5 Å².